The predicted octanol–water partition coefficient (Wildman–Crippen LogP) is 0.670. The van der Waals surface area contributed by atoms with Gasteiger partial charge >= 0.3 is 0 Å². The van der Waals surface area contributed by atoms with Crippen LogP contribution in [0.4, 0.5) is 0 Å². The van der Waals surface area contributed by atoms with E-state index >= 15 is 0 Å². The van der Waals surface area contributed by atoms with Crippen LogP contribution in [0.5, 0.6) is 0 Å². The van der Waals surface area contributed by atoms with Gasteiger partial charge in [-0.3, -0.25) is 4.99 Å². The summed E-state index contributed by atoms with van der Waals surface area (Å²) >= 11 is 0. The minimum atomic E-state index is -2.94. The van der Waals surface area contributed by atoms with Gasteiger partial charge < -0.3 is 15.7 Å². The molecule has 0 bridgehead atoms. The van der Waals surface area contributed by atoms with E-state index in [9.17, 15) is 13.5 Å². The fraction of sp³-hybridized carbons (Fsp3) is 0.929. The minimum absolute atomic E-state index is 0.00995. The van der Waals surface area contributed by atoms with Crippen molar-refractivity contribution in [3.05, 3.63) is 0 Å². The Balaban J connectivity index is 2.51. The SMILES string of the molecule is CCNC(=NCC1(O)CCCC1)NC(C)CCS(C)(=O)=O. The molecule has 0 aromatic rings. The molecule has 1 rings (SSSR count). The monoisotopic (exact) mass is 319 g/mol. The first kappa shape index (κ1) is 18.2. The lowest BCUT2D eigenvalue weighted by Crippen LogP contribution is -2.44. The Bertz CT molecular complexity index is 442. The molecule has 1 fully saturated rings. The highest BCUT2D eigenvalue weighted by molar-refractivity contribution is 7.90. The van der Waals surface area contributed by atoms with E-state index < -0.39 is 15.4 Å². The first-order chi connectivity index (χ1) is 9.74. The number of hydrogen-bond acceptors (Lipinski definition) is 4. The molecular formula is C14H29N3O3S. The number of sulfone groups is 1. The molecule has 1 saturated carbocycles. The first-order valence-corrected chi connectivity index (χ1v) is 9.75. The van der Waals surface area contributed by atoms with E-state index in [0.717, 1.165) is 32.2 Å². The molecule has 3 N–H and O–H groups in total. The van der Waals surface area contributed by atoms with Gasteiger partial charge in [-0.25, -0.2) is 8.42 Å². The normalized spacial score (nSPS) is 20.3. The number of aliphatic hydroxyl groups is 1. The van der Waals surface area contributed by atoms with E-state index in [2.05, 4.69) is 15.6 Å². The smallest absolute Gasteiger partial charge is 0.191 e. The fourth-order valence-electron chi connectivity index (χ4n) is 2.43. The van der Waals surface area contributed by atoms with Gasteiger partial charge in [-0.2, -0.15) is 0 Å². The summed E-state index contributed by atoms with van der Waals surface area (Å²) in [6.07, 6.45) is 5.50. The van der Waals surface area contributed by atoms with Crippen molar-refractivity contribution in [2.75, 3.05) is 25.1 Å². The van der Waals surface area contributed by atoms with Gasteiger partial charge in [0, 0.05) is 18.8 Å². The van der Waals surface area contributed by atoms with Crippen LogP contribution in [-0.4, -0.2) is 56.2 Å². The van der Waals surface area contributed by atoms with Gasteiger partial charge in [0.15, 0.2) is 5.96 Å². The lowest BCUT2D eigenvalue weighted by molar-refractivity contribution is 0.0574. The summed E-state index contributed by atoms with van der Waals surface area (Å²) < 4.78 is 22.4. The van der Waals surface area contributed by atoms with E-state index in [-0.39, 0.29) is 11.8 Å². The number of hydrogen-bond donors (Lipinski definition) is 3. The van der Waals surface area contributed by atoms with Crippen LogP contribution < -0.4 is 10.6 Å². The van der Waals surface area contributed by atoms with Gasteiger partial charge in [-0.15, -0.1) is 0 Å². The van der Waals surface area contributed by atoms with Crippen molar-refractivity contribution < 1.29 is 13.5 Å². The van der Waals surface area contributed by atoms with Crippen LogP contribution in [0, 0.1) is 0 Å². The van der Waals surface area contributed by atoms with Gasteiger partial charge in [0.1, 0.15) is 9.84 Å². The second-order valence-electron chi connectivity index (χ2n) is 6.09. The molecule has 0 spiro atoms. The van der Waals surface area contributed by atoms with Crippen molar-refractivity contribution in [3.63, 3.8) is 0 Å². The summed E-state index contributed by atoms with van der Waals surface area (Å²) in [4.78, 5) is 4.45. The molecule has 1 unspecified atom stereocenters. The Morgan fingerprint density at radius 1 is 1.38 bits per heavy atom. The zero-order chi connectivity index (χ0) is 15.9. The average molecular weight is 319 g/mol. The number of rotatable bonds is 7. The highest BCUT2D eigenvalue weighted by atomic mass is 32.2. The molecule has 0 heterocycles. The maximum atomic E-state index is 11.2. The molecule has 0 saturated heterocycles. The highest BCUT2D eigenvalue weighted by Gasteiger charge is 2.30. The largest absolute Gasteiger partial charge is 0.388 e. The van der Waals surface area contributed by atoms with Crippen LogP contribution in [0.15, 0.2) is 4.99 Å². The van der Waals surface area contributed by atoms with Crippen molar-refractivity contribution >= 4 is 15.8 Å². The van der Waals surface area contributed by atoms with Crippen molar-refractivity contribution in [2.24, 2.45) is 4.99 Å². The molecule has 7 heteroatoms. The van der Waals surface area contributed by atoms with Crippen molar-refractivity contribution in [1.29, 1.82) is 0 Å². The van der Waals surface area contributed by atoms with Crippen LogP contribution in [0.25, 0.3) is 0 Å². The summed E-state index contributed by atoms with van der Waals surface area (Å²) in [7, 11) is -2.94. The van der Waals surface area contributed by atoms with Gasteiger partial charge in [0.05, 0.1) is 17.9 Å². The molecule has 0 amide bonds. The molecule has 1 aliphatic carbocycles. The lowest BCUT2D eigenvalue weighted by atomic mass is 10.0. The number of nitrogens with one attached hydrogen (secondary N) is 2. The third kappa shape index (κ3) is 7.66. The fourth-order valence-corrected chi connectivity index (χ4v) is 3.22. The molecule has 0 aromatic carbocycles. The molecule has 1 aliphatic rings. The Labute approximate surface area is 128 Å². The van der Waals surface area contributed by atoms with Gasteiger partial charge in [0.25, 0.3) is 0 Å². The van der Waals surface area contributed by atoms with Crippen LogP contribution in [0.1, 0.15) is 46.0 Å². The molecule has 21 heavy (non-hydrogen) atoms. The molecule has 0 aromatic heterocycles. The average Bonchev–Trinajstić information content (AvgIpc) is 2.81. The molecule has 0 radical (unpaired) electrons. The number of guanidine groups is 1. The maximum absolute atomic E-state index is 11.2. The lowest BCUT2D eigenvalue weighted by Gasteiger charge is -2.22. The van der Waals surface area contributed by atoms with E-state index in [1.54, 1.807) is 0 Å². The zero-order valence-corrected chi connectivity index (χ0v) is 14.2. The third-order valence-electron chi connectivity index (χ3n) is 3.71. The topological polar surface area (TPSA) is 90.8 Å². The van der Waals surface area contributed by atoms with E-state index in [1.165, 1.54) is 6.26 Å². The zero-order valence-electron chi connectivity index (χ0n) is 13.4. The van der Waals surface area contributed by atoms with Crippen LogP contribution >= 0.6 is 0 Å². The summed E-state index contributed by atoms with van der Waals surface area (Å²) in [5.41, 5.74) is -0.668. The molecule has 6 nitrogen and oxygen atoms in total. The van der Waals surface area contributed by atoms with Gasteiger partial charge in [0.2, 0.25) is 0 Å². The molecule has 0 aliphatic heterocycles. The standard InChI is InChI=1S/C14H29N3O3S/c1-4-15-13(16-11-14(18)8-5-6-9-14)17-12(2)7-10-21(3,19)20/h12,18H,4-11H2,1-3H3,(H2,15,16,17). The van der Waals surface area contributed by atoms with Gasteiger partial charge in [-0.05, 0) is 33.1 Å². The Hall–Kier alpha value is -0.820. The Kier molecular flexibility index (Phi) is 6.93. The van der Waals surface area contributed by atoms with E-state index in [4.69, 9.17) is 0 Å². The number of nitrogens with zero attached hydrogens (tertiary/aromatic N) is 1. The quantitative estimate of drug-likeness (QED) is 0.474. The van der Waals surface area contributed by atoms with Crippen molar-refractivity contribution in [1.82, 2.24) is 10.6 Å². The van der Waals surface area contributed by atoms with Crippen LogP contribution in [0.3, 0.4) is 0 Å². The highest BCUT2D eigenvalue weighted by Crippen LogP contribution is 2.29. The molecule has 124 valence electrons. The second kappa shape index (κ2) is 7.98. The summed E-state index contributed by atoms with van der Waals surface area (Å²) in [6.45, 7) is 5.02. The Morgan fingerprint density at radius 3 is 2.52 bits per heavy atom. The summed E-state index contributed by atoms with van der Waals surface area (Å²) in [5.74, 6) is 0.795. The van der Waals surface area contributed by atoms with E-state index in [1.807, 2.05) is 13.8 Å². The van der Waals surface area contributed by atoms with Gasteiger partial charge in [-0.1, -0.05) is 12.8 Å². The molecule has 1 atom stereocenters. The minimum Gasteiger partial charge on any atom is -0.388 e. The van der Waals surface area contributed by atoms with Crippen molar-refractivity contribution in [3.8, 4) is 0 Å². The Morgan fingerprint density at radius 2 is 2.00 bits per heavy atom. The molecular weight excluding hydrogens is 290 g/mol. The third-order valence-corrected chi connectivity index (χ3v) is 4.69. The van der Waals surface area contributed by atoms with E-state index in [0.29, 0.717) is 18.9 Å². The van der Waals surface area contributed by atoms with Crippen LogP contribution in [0.2, 0.25) is 0 Å². The first-order valence-electron chi connectivity index (χ1n) is 7.69. The second-order valence-corrected chi connectivity index (χ2v) is 8.35. The van der Waals surface area contributed by atoms with Crippen molar-refractivity contribution in [2.45, 2.75) is 57.6 Å². The predicted molar refractivity (Wildman–Crippen MR) is 86.3 cm³/mol. The van der Waals surface area contributed by atoms with Crippen LogP contribution in [-0.2, 0) is 9.84 Å². The summed E-state index contributed by atoms with van der Waals surface area (Å²) in [5, 5.41) is 16.6. The maximum Gasteiger partial charge on any atom is 0.191 e. The summed E-state index contributed by atoms with van der Waals surface area (Å²) in [6, 6.07) is 0.00995. The number of aliphatic imine (C=N–C) groups is 1.